The van der Waals surface area contributed by atoms with E-state index in [-0.39, 0.29) is 0 Å². The van der Waals surface area contributed by atoms with Gasteiger partial charge in [-0.1, -0.05) is 46.8 Å². The average molecular weight is 250 g/mol. The molecule has 0 saturated carbocycles. The van der Waals surface area contributed by atoms with Gasteiger partial charge in [0, 0.05) is 10.7 Å². The number of halogens is 2. The number of hydrogen-bond acceptors (Lipinski definition) is 0. The highest BCUT2D eigenvalue weighted by Gasteiger charge is 2.04. The number of hydrogen-bond donors (Lipinski definition) is 0. The van der Waals surface area contributed by atoms with Crippen LogP contribution in [0, 0.1) is 0 Å². The van der Waals surface area contributed by atoms with Gasteiger partial charge in [-0.15, -0.1) is 11.6 Å². The van der Waals surface area contributed by atoms with Crippen molar-refractivity contribution in [1.82, 2.24) is 0 Å². The van der Waals surface area contributed by atoms with Crippen LogP contribution in [0.2, 0.25) is 0 Å². The van der Waals surface area contributed by atoms with Crippen LogP contribution in [0.25, 0.3) is 0 Å². The summed E-state index contributed by atoms with van der Waals surface area (Å²) in [6.07, 6.45) is 8.81. The van der Waals surface area contributed by atoms with Gasteiger partial charge in [0.05, 0.1) is 0 Å². The Bertz CT molecular complexity index is 182. The predicted octanol–water partition coefficient (Wildman–Crippen LogP) is 4.07. The summed E-state index contributed by atoms with van der Waals surface area (Å²) in [6.45, 7) is 5.73. The van der Waals surface area contributed by atoms with Crippen molar-refractivity contribution in [3.8, 4) is 0 Å². The molecule has 0 rings (SSSR count). The Morgan fingerprint density at radius 3 is 2.75 bits per heavy atom. The number of alkyl halides is 2. The van der Waals surface area contributed by atoms with Crippen LogP contribution in [0.5, 0.6) is 0 Å². The quantitative estimate of drug-likeness (QED) is 0.509. The van der Waals surface area contributed by atoms with Crippen LogP contribution in [0.4, 0.5) is 0 Å². The van der Waals surface area contributed by atoms with Crippen LogP contribution in [-0.4, -0.2) is 10.7 Å². The van der Waals surface area contributed by atoms with Crippen molar-refractivity contribution in [2.24, 2.45) is 0 Å². The average Bonchev–Trinajstić information content (AvgIpc) is 2.06. The molecule has 1 atom stereocenters. The fourth-order valence-corrected chi connectivity index (χ4v) is 1.82. The van der Waals surface area contributed by atoms with Crippen molar-refractivity contribution in [3.63, 3.8) is 0 Å². The van der Waals surface area contributed by atoms with Crippen LogP contribution in [0.3, 0.4) is 0 Å². The molecule has 12 heavy (non-hydrogen) atoms. The zero-order chi connectivity index (χ0) is 9.40. The Morgan fingerprint density at radius 2 is 2.33 bits per heavy atom. The molecule has 0 N–H and O–H groups in total. The van der Waals surface area contributed by atoms with E-state index in [2.05, 4.69) is 22.5 Å². The van der Waals surface area contributed by atoms with E-state index < -0.39 is 0 Å². The highest BCUT2D eigenvalue weighted by Crippen LogP contribution is 2.17. The normalized spacial score (nSPS) is 15.1. The Kier molecular flexibility index (Phi) is 7.62. The number of rotatable bonds is 5. The number of allylic oxidation sites excluding steroid dienone is 5. The van der Waals surface area contributed by atoms with E-state index in [9.17, 15) is 0 Å². The third-order valence-electron chi connectivity index (χ3n) is 1.44. The zero-order valence-electron chi connectivity index (χ0n) is 7.26. The summed E-state index contributed by atoms with van der Waals surface area (Å²) in [5, 5.41) is 0. The topological polar surface area (TPSA) is 0 Å². The van der Waals surface area contributed by atoms with E-state index in [1.807, 2.05) is 31.2 Å². The van der Waals surface area contributed by atoms with Gasteiger partial charge in [0.15, 0.2) is 0 Å². The standard InChI is InChI=1S/C10H14BrCl/c1-3-5-6-9(4-2)10(11)7-8-12/h3-6,10H,2,7-8H2,1H3/b5-3-,9-6+. The first-order valence-corrected chi connectivity index (χ1v) is 5.36. The van der Waals surface area contributed by atoms with Gasteiger partial charge >= 0.3 is 0 Å². The molecule has 0 nitrogen and oxygen atoms in total. The van der Waals surface area contributed by atoms with Crippen LogP contribution in [-0.2, 0) is 0 Å². The van der Waals surface area contributed by atoms with Crippen molar-refractivity contribution < 1.29 is 0 Å². The molecule has 0 aliphatic heterocycles. The molecule has 0 saturated heterocycles. The maximum atomic E-state index is 5.62. The first kappa shape index (κ1) is 12.0. The van der Waals surface area contributed by atoms with Gasteiger partial charge in [0.2, 0.25) is 0 Å². The van der Waals surface area contributed by atoms with Gasteiger partial charge in [-0.2, -0.15) is 0 Å². The Labute approximate surface area is 88.1 Å². The van der Waals surface area contributed by atoms with E-state index in [0.29, 0.717) is 10.7 Å². The van der Waals surface area contributed by atoms with E-state index in [4.69, 9.17) is 11.6 Å². The third-order valence-corrected chi connectivity index (χ3v) is 2.65. The van der Waals surface area contributed by atoms with E-state index >= 15 is 0 Å². The van der Waals surface area contributed by atoms with Gasteiger partial charge in [-0.25, -0.2) is 0 Å². The molecular formula is C10H14BrCl. The third kappa shape index (κ3) is 4.78. The molecule has 1 unspecified atom stereocenters. The van der Waals surface area contributed by atoms with Crippen molar-refractivity contribution in [2.75, 3.05) is 5.88 Å². The summed E-state index contributed by atoms with van der Waals surface area (Å²) < 4.78 is 0. The summed E-state index contributed by atoms with van der Waals surface area (Å²) in [6, 6.07) is 0. The molecule has 0 amide bonds. The maximum absolute atomic E-state index is 5.62. The summed E-state index contributed by atoms with van der Waals surface area (Å²) in [5.74, 6) is 0.664. The molecule has 0 spiro atoms. The van der Waals surface area contributed by atoms with Crippen molar-refractivity contribution in [1.29, 1.82) is 0 Å². The zero-order valence-corrected chi connectivity index (χ0v) is 9.61. The smallest absolute Gasteiger partial charge is 0.0406 e. The van der Waals surface area contributed by atoms with Crippen LogP contribution < -0.4 is 0 Å². The molecular weight excluding hydrogens is 235 g/mol. The largest absolute Gasteiger partial charge is 0.127 e. The molecule has 68 valence electrons. The second kappa shape index (κ2) is 7.63. The molecule has 0 aliphatic rings. The molecule has 0 aromatic carbocycles. The van der Waals surface area contributed by atoms with Gasteiger partial charge in [0.25, 0.3) is 0 Å². The van der Waals surface area contributed by atoms with Crippen molar-refractivity contribution >= 4 is 27.5 Å². The SMILES string of the molecule is C=C/C(=C\C=C/C)C(Br)CCCl. The van der Waals surface area contributed by atoms with Gasteiger partial charge in [-0.05, 0) is 18.9 Å². The lowest BCUT2D eigenvalue weighted by atomic mass is 10.1. The lowest BCUT2D eigenvalue weighted by Crippen LogP contribution is -2.00. The molecule has 0 aromatic heterocycles. The molecule has 0 aliphatic carbocycles. The molecule has 0 heterocycles. The molecule has 0 bridgehead atoms. The predicted molar refractivity (Wildman–Crippen MR) is 61.1 cm³/mol. The minimum atomic E-state index is 0.323. The van der Waals surface area contributed by atoms with E-state index in [0.717, 1.165) is 6.42 Å². The second-order valence-electron chi connectivity index (χ2n) is 2.34. The fraction of sp³-hybridized carbons (Fsp3) is 0.400. The fourth-order valence-electron chi connectivity index (χ4n) is 0.770. The molecule has 0 fully saturated rings. The first-order chi connectivity index (χ1) is 5.76. The minimum absolute atomic E-state index is 0.323. The molecule has 0 radical (unpaired) electrons. The lowest BCUT2D eigenvalue weighted by Gasteiger charge is -2.07. The van der Waals surface area contributed by atoms with Crippen LogP contribution in [0.1, 0.15) is 13.3 Å². The second-order valence-corrected chi connectivity index (χ2v) is 3.83. The highest BCUT2D eigenvalue weighted by molar-refractivity contribution is 9.09. The first-order valence-electron chi connectivity index (χ1n) is 3.91. The molecule has 2 heteroatoms. The summed E-state index contributed by atoms with van der Waals surface area (Å²) in [5.41, 5.74) is 1.17. The Hall–Kier alpha value is -0.0100. The van der Waals surface area contributed by atoms with Crippen molar-refractivity contribution in [3.05, 3.63) is 36.5 Å². The lowest BCUT2D eigenvalue weighted by molar-refractivity contribution is 0.968. The van der Waals surface area contributed by atoms with E-state index in [1.165, 1.54) is 5.57 Å². The Balaban J connectivity index is 4.22. The van der Waals surface area contributed by atoms with Gasteiger partial charge in [0.1, 0.15) is 0 Å². The Morgan fingerprint density at radius 1 is 1.67 bits per heavy atom. The van der Waals surface area contributed by atoms with Crippen LogP contribution in [0.15, 0.2) is 36.5 Å². The minimum Gasteiger partial charge on any atom is -0.127 e. The van der Waals surface area contributed by atoms with Gasteiger partial charge in [-0.3, -0.25) is 0 Å². The van der Waals surface area contributed by atoms with Crippen LogP contribution >= 0.6 is 27.5 Å². The summed E-state index contributed by atoms with van der Waals surface area (Å²) in [4.78, 5) is 0.323. The van der Waals surface area contributed by atoms with Crippen molar-refractivity contribution in [2.45, 2.75) is 18.2 Å². The van der Waals surface area contributed by atoms with Gasteiger partial charge < -0.3 is 0 Å². The monoisotopic (exact) mass is 248 g/mol. The molecule has 0 aromatic rings. The summed E-state index contributed by atoms with van der Waals surface area (Å²) in [7, 11) is 0. The summed E-state index contributed by atoms with van der Waals surface area (Å²) >= 11 is 9.16. The highest BCUT2D eigenvalue weighted by atomic mass is 79.9. The van der Waals surface area contributed by atoms with E-state index in [1.54, 1.807) is 0 Å². The maximum Gasteiger partial charge on any atom is 0.0406 e.